The maximum absolute atomic E-state index is 5.86. The minimum absolute atomic E-state index is 0.370. The van der Waals surface area contributed by atoms with Gasteiger partial charge in [0, 0.05) is 18.2 Å². The van der Waals surface area contributed by atoms with Gasteiger partial charge in [-0.05, 0) is 25.5 Å². The first-order valence-corrected chi connectivity index (χ1v) is 6.75. The Bertz CT molecular complexity index is 565. The molecule has 3 rings (SSSR count). The fourth-order valence-electron chi connectivity index (χ4n) is 2.58. The molecule has 0 bridgehead atoms. The van der Waals surface area contributed by atoms with Crippen LogP contribution in [-0.4, -0.2) is 11.6 Å². The molecule has 0 amide bonds. The van der Waals surface area contributed by atoms with Crippen molar-refractivity contribution in [2.45, 2.75) is 26.4 Å². The predicted molar refractivity (Wildman–Crippen MR) is 77.1 cm³/mol. The molecule has 0 fully saturated rings. The second kappa shape index (κ2) is 5.06. The van der Waals surface area contributed by atoms with Crippen molar-refractivity contribution in [3.8, 4) is 5.75 Å². The molecule has 0 saturated heterocycles. The van der Waals surface area contributed by atoms with Gasteiger partial charge in [0.25, 0.3) is 0 Å². The first-order chi connectivity index (χ1) is 9.24. The molecule has 0 saturated carbocycles. The molecular weight excluding hydrogens is 234 g/mol. The second-order valence-corrected chi connectivity index (χ2v) is 5.22. The van der Waals surface area contributed by atoms with Gasteiger partial charge in [0.15, 0.2) is 0 Å². The number of hydrogen-bond acceptors (Lipinski definition) is 2. The average molecular weight is 253 g/mol. The first kappa shape index (κ1) is 12.2. The monoisotopic (exact) mass is 253 g/mol. The van der Waals surface area contributed by atoms with Crippen molar-refractivity contribution in [3.63, 3.8) is 0 Å². The Kier molecular flexibility index (Phi) is 3.26. The highest BCUT2D eigenvalue weighted by Gasteiger charge is 2.22. The summed E-state index contributed by atoms with van der Waals surface area (Å²) in [5.74, 6) is 1.03. The van der Waals surface area contributed by atoms with Crippen LogP contribution in [0.4, 0.5) is 0 Å². The number of rotatable bonds is 2. The van der Waals surface area contributed by atoms with Crippen LogP contribution in [0.5, 0.6) is 5.75 Å². The maximum atomic E-state index is 5.86. The molecule has 1 atom stereocenters. The maximum Gasteiger partial charge on any atom is 0.142 e. The number of fused-ring (bicyclic) bond motifs is 1. The number of hydrogen-bond donors (Lipinski definition) is 0. The van der Waals surface area contributed by atoms with Crippen LogP contribution in [0.3, 0.4) is 0 Å². The van der Waals surface area contributed by atoms with Crippen LogP contribution in [-0.2, 0) is 6.54 Å². The lowest BCUT2D eigenvalue weighted by Crippen LogP contribution is -2.34. The summed E-state index contributed by atoms with van der Waals surface area (Å²) in [5, 5.41) is 0. The third-order valence-corrected chi connectivity index (χ3v) is 3.80. The van der Waals surface area contributed by atoms with Crippen LogP contribution in [0.15, 0.2) is 48.5 Å². The van der Waals surface area contributed by atoms with E-state index in [1.807, 2.05) is 0 Å². The lowest BCUT2D eigenvalue weighted by atomic mass is 10.0. The summed E-state index contributed by atoms with van der Waals surface area (Å²) < 4.78 is 5.86. The van der Waals surface area contributed by atoms with Gasteiger partial charge in [-0.15, -0.1) is 0 Å². The van der Waals surface area contributed by atoms with Crippen molar-refractivity contribution in [2.24, 2.45) is 0 Å². The standard InChI is InChI=1S/C17H19NO/c1-13-8-9-17-16(10-13)11-18(12-19-17)14(2)15-6-4-3-5-7-15/h3-10,14H,11-12H2,1-2H3/t14-/m0/s1. The smallest absolute Gasteiger partial charge is 0.142 e. The Morgan fingerprint density at radius 1 is 1.11 bits per heavy atom. The van der Waals surface area contributed by atoms with Gasteiger partial charge < -0.3 is 4.74 Å². The molecule has 19 heavy (non-hydrogen) atoms. The molecule has 0 aliphatic carbocycles. The Balaban J connectivity index is 1.82. The molecule has 2 aromatic carbocycles. The Labute approximate surface area is 114 Å². The van der Waals surface area contributed by atoms with E-state index in [9.17, 15) is 0 Å². The summed E-state index contributed by atoms with van der Waals surface area (Å²) in [7, 11) is 0. The molecule has 2 nitrogen and oxygen atoms in total. The molecule has 0 aromatic heterocycles. The predicted octanol–water partition coefficient (Wildman–Crippen LogP) is 3.91. The Hall–Kier alpha value is -1.80. The third-order valence-electron chi connectivity index (χ3n) is 3.80. The van der Waals surface area contributed by atoms with E-state index < -0.39 is 0 Å². The average Bonchev–Trinajstić information content (AvgIpc) is 2.46. The zero-order valence-electron chi connectivity index (χ0n) is 11.5. The van der Waals surface area contributed by atoms with Gasteiger partial charge in [-0.3, -0.25) is 4.90 Å². The van der Waals surface area contributed by atoms with Crippen molar-refractivity contribution in [1.82, 2.24) is 4.90 Å². The molecular formula is C17H19NO. The van der Waals surface area contributed by atoms with E-state index in [2.05, 4.69) is 67.3 Å². The van der Waals surface area contributed by atoms with Crippen LogP contribution >= 0.6 is 0 Å². The molecule has 2 aromatic rings. The summed E-state index contributed by atoms with van der Waals surface area (Å²) in [5.41, 5.74) is 3.91. The van der Waals surface area contributed by atoms with Crippen LogP contribution in [0.2, 0.25) is 0 Å². The summed E-state index contributed by atoms with van der Waals surface area (Å²) in [6.45, 7) is 5.97. The quantitative estimate of drug-likeness (QED) is 0.804. The van der Waals surface area contributed by atoms with Crippen molar-refractivity contribution >= 4 is 0 Å². The number of nitrogens with zero attached hydrogens (tertiary/aromatic N) is 1. The fourth-order valence-corrected chi connectivity index (χ4v) is 2.58. The van der Waals surface area contributed by atoms with Crippen LogP contribution in [0, 0.1) is 6.92 Å². The lowest BCUT2D eigenvalue weighted by Gasteiger charge is -2.34. The molecule has 1 aliphatic heterocycles. The zero-order chi connectivity index (χ0) is 13.2. The zero-order valence-corrected chi connectivity index (χ0v) is 11.5. The van der Waals surface area contributed by atoms with Crippen molar-refractivity contribution in [1.29, 1.82) is 0 Å². The normalized spacial score (nSPS) is 16.5. The topological polar surface area (TPSA) is 12.5 Å². The van der Waals surface area contributed by atoms with Gasteiger partial charge >= 0.3 is 0 Å². The van der Waals surface area contributed by atoms with Crippen molar-refractivity contribution in [3.05, 3.63) is 65.2 Å². The van der Waals surface area contributed by atoms with E-state index in [-0.39, 0.29) is 0 Å². The van der Waals surface area contributed by atoms with Crippen molar-refractivity contribution < 1.29 is 4.74 Å². The van der Waals surface area contributed by atoms with Crippen LogP contribution < -0.4 is 4.74 Å². The van der Waals surface area contributed by atoms with E-state index in [4.69, 9.17) is 4.74 Å². The highest BCUT2D eigenvalue weighted by Crippen LogP contribution is 2.30. The third kappa shape index (κ3) is 2.49. The van der Waals surface area contributed by atoms with E-state index in [1.54, 1.807) is 0 Å². The highest BCUT2D eigenvalue weighted by molar-refractivity contribution is 5.38. The van der Waals surface area contributed by atoms with Gasteiger partial charge in [-0.2, -0.15) is 0 Å². The summed E-state index contributed by atoms with van der Waals surface area (Å²) in [6, 6.07) is 17.4. The van der Waals surface area contributed by atoms with Crippen LogP contribution in [0.25, 0.3) is 0 Å². The van der Waals surface area contributed by atoms with Gasteiger partial charge in [-0.25, -0.2) is 0 Å². The number of aryl methyl sites for hydroxylation is 1. The molecule has 1 heterocycles. The summed E-state index contributed by atoms with van der Waals surface area (Å²) >= 11 is 0. The van der Waals surface area contributed by atoms with Crippen LogP contribution in [0.1, 0.15) is 29.7 Å². The molecule has 2 heteroatoms. The SMILES string of the molecule is Cc1ccc2c(c1)CN([C@@H](C)c1ccccc1)CO2. The van der Waals surface area contributed by atoms with Gasteiger partial charge in [0.1, 0.15) is 12.5 Å². The lowest BCUT2D eigenvalue weighted by molar-refractivity contribution is 0.0617. The minimum Gasteiger partial charge on any atom is -0.478 e. The molecule has 0 unspecified atom stereocenters. The van der Waals surface area contributed by atoms with Gasteiger partial charge in [0.2, 0.25) is 0 Å². The molecule has 98 valence electrons. The molecule has 0 N–H and O–H groups in total. The largest absolute Gasteiger partial charge is 0.478 e. The number of ether oxygens (including phenoxy) is 1. The van der Waals surface area contributed by atoms with Gasteiger partial charge in [0.05, 0.1) is 0 Å². The molecule has 1 aliphatic rings. The summed E-state index contributed by atoms with van der Waals surface area (Å²) in [6.07, 6.45) is 0. The van der Waals surface area contributed by atoms with E-state index in [0.29, 0.717) is 12.8 Å². The van der Waals surface area contributed by atoms with E-state index >= 15 is 0 Å². The minimum atomic E-state index is 0.370. The summed E-state index contributed by atoms with van der Waals surface area (Å²) in [4.78, 5) is 2.36. The number of benzene rings is 2. The first-order valence-electron chi connectivity index (χ1n) is 6.75. The highest BCUT2D eigenvalue weighted by atomic mass is 16.5. The van der Waals surface area contributed by atoms with Crippen molar-refractivity contribution in [2.75, 3.05) is 6.73 Å². The fraction of sp³-hybridized carbons (Fsp3) is 0.294. The molecule has 0 radical (unpaired) electrons. The molecule has 0 spiro atoms. The van der Waals surface area contributed by atoms with Gasteiger partial charge in [-0.1, -0.05) is 48.0 Å². The van der Waals surface area contributed by atoms with E-state index in [1.165, 1.54) is 16.7 Å². The van der Waals surface area contributed by atoms with E-state index in [0.717, 1.165) is 12.3 Å². The second-order valence-electron chi connectivity index (χ2n) is 5.22. The Morgan fingerprint density at radius 2 is 1.89 bits per heavy atom. The Morgan fingerprint density at radius 3 is 2.68 bits per heavy atom.